The van der Waals surface area contributed by atoms with E-state index in [0.717, 1.165) is 50.0 Å². The van der Waals surface area contributed by atoms with Crippen LogP contribution < -0.4 is 0 Å². The van der Waals surface area contributed by atoms with E-state index in [2.05, 4.69) is 16.3 Å². The van der Waals surface area contributed by atoms with Gasteiger partial charge in [0, 0.05) is 39.3 Å². The fourth-order valence-electron chi connectivity index (χ4n) is 5.18. The Morgan fingerprint density at radius 2 is 1.75 bits per heavy atom. The summed E-state index contributed by atoms with van der Waals surface area (Å²) in [6.45, 7) is 3.25. The van der Waals surface area contributed by atoms with Crippen molar-refractivity contribution in [2.45, 2.75) is 42.7 Å². The first kappa shape index (κ1) is 30.2. The van der Waals surface area contributed by atoms with Crippen LogP contribution in [0.15, 0.2) is 82.4 Å². The van der Waals surface area contributed by atoms with Crippen LogP contribution in [0.1, 0.15) is 36.3 Å². The first-order valence-electron chi connectivity index (χ1n) is 13.7. The van der Waals surface area contributed by atoms with Gasteiger partial charge in [0.2, 0.25) is 10.0 Å². The van der Waals surface area contributed by atoms with Gasteiger partial charge in [-0.05, 0) is 71.8 Å². The maximum Gasteiger partial charge on any atom is 0.410 e. The van der Waals surface area contributed by atoms with Crippen molar-refractivity contribution in [2.24, 2.45) is 0 Å². The fourth-order valence-corrected chi connectivity index (χ4v) is 7.16. The number of carbonyl (C=O) groups is 1. The van der Waals surface area contributed by atoms with Crippen molar-refractivity contribution in [3.05, 3.63) is 88.6 Å². The Balaban J connectivity index is 1.30. The van der Waals surface area contributed by atoms with Crippen LogP contribution in [0.5, 0.6) is 0 Å². The maximum absolute atomic E-state index is 13.1. The van der Waals surface area contributed by atoms with Crippen LogP contribution in [0.25, 0.3) is 0 Å². The van der Waals surface area contributed by atoms with E-state index in [1.807, 2.05) is 41.8 Å². The highest BCUT2D eigenvalue weighted by molar-refractivity contribution is 7.89. The molecule has 0 bridgehead atoms. The van der Waals surface area contributed by atoms with Gasteiger partial charge in [-0.25, -0.2) is 17.5 Å². The molecular weight excluding hydrogens is 546 g/mol. The summed E-state index contributed by atoms with van der Waals surface area (Å²) in [6, 6.07) is 20.2. The van der Waals surface area contributed by atoms with E-state index in [9.17, 15) is 18.3 Å². The molecule has 3 aromatic rings. The van der Waals surface area contributed by atoms with E-state index < -0.39 is 16.1 Å². The van der Waals surface area contributed by atoms with Crippen LogP contribution in [-0.4, -0.2) is 86.1 Å². The molecule has 1 amide bonds. The Kier molecular flexibility index (Phi) is 11.1. The summed E-state index contributed by atoms with van der Waals surface area (Å²) >= 11 is 1.62. The van der Waals surface area contributed by atoms with Crippen LogP contribution >= 0.6 is 11.3 Å². The molecule has 1 saturated heterocycles. The highest BCUT2D eigenvalue weighted by Crippen LogP contribution is 2.27. The van der Waals surface area contributed by atoms with E-state index in [1.165, 1.54) is 4.31 Å². The van der Waals surface area contributed by atoms with Gasteiger partial charge in [-0.1, -0.05) is 48.5 Å². The van der Waals surface area contributed by atoms with Crippen LogP contribution in [0.4, 0.5) is 4.79 Å². The zero-order chi connectivity index (χ0) is 28.4. The Bertz CT molecular complexity index is 1270. The molecule has 1 atom stereocenters. The fraction of sp³-hybridized carbons (Fsp3) is 0.433. The number of benzene rings is 2. The quantitative estimate of drug-likeness (QED) is 0.315. The summed E-state index contributed by atoms with van der Waals surface area (Å²) in [5, 5.41) is 13.7. The van der Waals surface area contributed by atoms with Crippen LogP contribution in [-0.2, 0) is 21.4 Å². The predicted octanol–water partition coefficient (Wildman–Crippen LogP) is 4.64. The Labute approximate surface area is 241 Å². The number of ether oxygens (including phenoxy) is 1. The van der Waals surface area contributed by atoms with Crippen molar-refractivity contribution in [3.8, 4) is 0 Å². The first-order chi connectivity index (χ1) is 19.4. The van der Waals surface area contributed by atoms with Crippen molar-refractivity contribution < 1.29 is 23.1 Å². The molecule has 1 aliphatic heterocycles. The summed E-state index contributed by atoms with van der Waals surface area (Å²) < 4.78 is 33.3. The smallest absolute Gasteiger partial charge is 0.410 e. The third kappa shape index (κ3) is 8.14. The highest BCUT2D eigenvalue weighted by Gasteiger charge is 2.30. The predicted molar refractivity (Wildman–Crippen MR) is 158 cm³/mol. The van der Waals surface area contributed by atoms with E-state index in [-0.39, 0.29) is 31.7 Å². The second kappa shape index (κ2) is 14.7. The first-order valence-corrected chi connectivity index (χ1v) is 16.1. The largest absolute Gasteiger partial charge is 0.445 e. The summed E-state index contributed by atoms with van der Waals surface area (Å²) in [5.74, 6) is 0.0753. The lowest BCUT2D eigenvalue weighted by molar-refractivity contribution is 0.0521. The molecule has 0 saturated carbocycles. The third-order valence-corrected chi connectivity index (χ3v) is 10.1. The maximum atomic E-state index is 13.1. The normalized spacial score (nSPS) is 15.7. The van der Waals surface area contributed by atoms with Gasteiger partial charge in [0.25, 0.3) is 0 Å². The Morgan fingerprint density at radius 3 is 2.38 bits per heavy atom. The molecule has 8 nitrogen and oxygen atoms in total. The lowest BCUT2D eigenvalue weighted by Crippen LogP contribution is -2.48. The molecule has 0 radical (unpaired) electrons. The molecule has 0 aliphatic carbocycles. The molecule has 0 spiro atoms. The van der Waals surface area contributed by atoms with E-state index in [4.69, 9.17) is 4.74 Å². The topological polar surface area (TPSA) is 90.4 Å². The van der Waals surface area contributed by atoms with Crippen molar-refractivity contribution in [1.82, 2.24) is 14.1 Å². The molecule has 1 aliphatic rings. The average Bonchev–Trinajstić information content (AvgIpc) is 3.53. The molecule has 4 rings (SSSR count). The number of hydrogen-bond donors (Lipinski definition) is 1. The van der Waals surface area contributed by atoms with E-state index in [0.29, 0.717) is 11.4 Å². The molecule has 40 heavy (non-hydrogen) atoms. The standard InChI is InChI=1S/C30H39N3O5S2/c1-31(40(36,37)29-10-6-3-7-11-29)22-26(27-15-21-39-24-27)12-16-32-17-13-28(14-18-32)33(19-20-34)30(35)38-23-25-8-4-2-5-9-25/h2-11,15,21,24,26,28,34H,12-14,16-20,22-23H2,1H3. The monoisotopic (exact) mass is 585 g/mol. The molecule has 2 heterocycles. The van der Waals surface area contributed by atoms with Gasteiger partial charge in [-0.3, -0.25) is 0 Å². The summed E-state index contributed by atoms with van der Waals surface area (Å²) in [4.78, 5) is 17.2. The van der Waals surface area contributed by atoms with E-state index >= 15 is 0 Å². The molecule has 10 heteroatoms. The molecule has 1 fully saturated rings. The number of amides is 1. The van der Waals surface area contributed by atoms with Gasteiger partial charge in [0.05, 0.1) is 11.5 Å². The lowest BCUT2D eigenvalue weighted by Gasteiger charge is -2.38. The number of hydrogen-bond acceptors (Lipinski definition) is 7. The number of likely N-dealkylation sites (tertiary alicyclic amines) is 1. The van der Waals surface area contributed by atoms with Gasteiger partial charge in [-0.15, -0.1) is 0 Å². The lowest BCUT2D eigenvalue weighted by atomic mass is 9.97. The number of piperidine rings is 1. The van der Waals surface area contributed by atoms with Gasteiger partial charge in [-0.2, -0.15) is 11.3 Å². The van der Waals surface area contributed by atoms with E-state index in [1.54, 1.807) is 47.5 Å². The van der Waals surface area contributed by atoms with Crippen molar-refractivity contribution in [3.63, 3.8) is 0 Å². The van der Waals surface area contributed by atoms with Gasteiger partial charge in [0.1, 0.15) is 6.61 Å². The average molecular weight is 586 g/mol. The van der Waals surface area contributed by atoms with Gasteiger partial charge < -0.3 is 19.6 Å². The van der Waals surface area contributed by atoms with Crippen LogP contribution in [0.3, 0.4) is 0 Å². The Morgan fingerprint density at radius 1 is 1.07 bits per heavy atom. The third-order valence-electron chi connectivity index (χ3n) is 7.52. The van der Waals surface area contributed by atoms with Crippen LogP contribution in [0, 0.1) is 0 Å². The molecule has 2 aromatic carbocycles. The summed E-state index contributed by atoms with van der Waals surface area (Å²) in [5.41, 5.74) is 2.09. The zero-order valence-electron chi connectivity index (χ0n) is 23.0. The SMILES string of the molecule is CN(CC(CCN1CCC(N(CCO)C(=O)OCc2ccccc2)CC1)c1ccsc1)S(=O)(=O)c1ccccc1. The molecule has 1 unspecified atom stereocenters. The highest BCUT2D eigenvalue weighted by atomic mass is 32.2. The number of sulfonamides is 1. The second-order valence-corrected chi connectivity index (χ2v) is 13.0. The number of likely N-dealkylation sites (N-methyl/N-ethyl adjacent to an activating group) is 1. The Hall–Kier alpha value is -2.76. The summed E-state index contributed by atoms with van der Waals surface area (Å²) in [6.07, 6.45) is 2.03. The number of nitrogens with zero attached hydrogens (tertiary/aromatic N) is 3. The number of aliphatic hydroxyl groups is 1. The number of aliphatic hydroxyl groups excluding tert-OH is 1. The summed E-state index contributed by atoms with van der Waals surface area (Å²) in [7, 11) is -1.92. The van der Waals surface area contributed by atoms with Crippen molar-refractivity contribution in [1.29, 1.82) is 0 Å². The molecule has 216 valence electrons. The number of carbonyl (C=O) groups excluding carboxylic acids is 1. The minimum Gasteiger partial charge on any atom is -0.445 e. The van der Waals surface area contributed by atoms with Crippen LogP contribution in [0.2, 0.25) is 0 Å². The van der Waals surface area contributed by atoms with Crippen molar-refractivity contribution >= 4 is 27.5 Å². The number of thiophene rings is 1. The molecule has 1 N–H and O–H groups in total. The van der Waals surface area contributed by atoms with Gasteiger partial charge in [0.15, 0.2) is 0 Å². The molecule has 1 aromatic heterocycles. The van der Waals surface area contributed by atoms with Gasteiger partial charge >= 0.3 is 6.09 Å². The minimum absolute atomic E-state index is 0.0153. The minimum atomic E-state index is -3.57. The molecular formula is C30H39N3O5S2. The van der Waals surface area contributed by atoms with Crippen molar-refractivity contribution in [2.75, 3.05) is 46.4 Å². The zero-order valence-corrected chi connectivity index (χ0v) is 24.6. The second-order valence-electron chi connectivity index (χ2n) is 10.2. The number of rotatable bonds is 13.